The van der Waals surface area contributed by atoms with E-state index in [0.29, 0.717) is 0 Å². The molecule has 0 heteroatoms. The van der Waals surface area contributed by atoms with Gasteiger partial charge in [-0.25, -0.2) is 0 Å². The molecule has 0 aliphatic rings. The third kappa shape index (κ3) is 4.79. The molecule has 12 heavy (non-hydrogen) atoms. The number of hydrogen-bond acceptors (Lipinski definition) is 0. The second kappa shape index (κ2) is 6.73. The molecular formula is C12H18. The Labute approximate surface area is 76.4 Å². The molecule has 0 aliphatic heterocycles. The van der Waals surface area contributed by atoms with E-state index in [2.05, 4.69) is 38.8 Å². The third-order valence-corrected chi connectivity index (χ3v) is 1.74. The van der Waals surface area contributed by atoms with Gasteiger partial charge in [0.05, 0.1) is 0 Å². The van der Waals surface area contributed by atoms with Gasteiger partial charge in [-0.2, -0.15) is 0 Å². The van der Waals surface area contributed by atoms with E-state index in [1.54, 1.807) is 0 Å². The Hall–Kier alpha value is -0.960. The number of allylic oxidation sites excluding steroid dienone is 4. The van der Waals surface area contributed by atoms with Crippen LogP contribution in [0.4, 0.5) is 0 Å². The lowest BCUT2D eigenvalue weighted by atomic mass is 10.0. The van der Waals surface area contributed by atoms with Crippen LogP contribution < -0.4 is 0 Å². The molecule has 0 unspecified atom stereocenters. The molecule has 0 saturated heterocycles. The van der Waals surface area contributed by atoms with Crippen LogP contribution in [0.3, 0.4) is 0 Å². The minimum Gasteiger partial charge on any atom is -0.120 e. The molecule has 0 fully saturated rings. The summed E-state index contributed by atoms with van der Waals surface area (Å²) in [7, 11) is 0. The maximum absolute atomic E-state index is 5.21. The zero-order valence-corrected chi connectivity index (χ0v) is 8.35. The van der Waals surface area contributed by atoms with Crippen molar-refractivity contribution in [3.8, 4) is 12.3 Å². The Morgan fingerprint density at radius 3 is 2.50 bits per heavy atom. The predicted octanol–water partition coefficient (Wildman–Crippen LogP) is 3.70. The van der Waals surface area contributed by atoms with Crippen molar-refractivity contribution in [3.05, 3.63) is 23.3 Å². The highest BCUT2D eigenvalue weighted by molar-refractivity contribution is 5.24. The van der Waals surface area contributed by atoms with Crippen LogP contribution in [0.25, 0.3) is 0 Å². The lowest BCUT2D eigenvalue weighted by molar-refractivity contribution is 1.00. The fourth-order valence-electron chi connectivity index (χ4n) is 0.967. The summed E-state index contributed by atoms with van der Waals surface area (Å²) in [5.41, 5.74) is 2.75. The third-order valence-electron chi connectivity index (χ3n) is 1.74. The van der Waals surface area contributed by atoms with Gasteiger partial charge < -0.3 is 0 Å². The fraction of sp³-hybridized carbons (Fsp3) is 0.500. The summed E-state index contributed by atoms with van der Waals surface area (Å²) in [6.07, 6.45) is 12.5. The van der Waals surface area contributed by atoms with Gasteiger partial charge in [0, 0.05) is 6.42 Å². The van der Waals surface area contributed by atoms with Gasteiger partial charge in [-0.15, -0.1) is 12.3 Å². The summed E-state index contributed by atoms with van der Waals surface area (Å²) in [4.78, 5) is 0. The lowest BCUT2D eigenvalue weighted by Crippen LogP contribution is -1.82. The molecule has 66 valence electrons. The maximum Gasteiger partial charge on any atom is 0.0126 e. The Morgan fingerprint density at radius 1 is 1.42 bits per heavy atom. The van der Waals surface area contributed by atoms with Crippen LogP contribution in [0.1, 0.15) is 40.0 Å². The Morgan fingerprint density at radius 2 is 2.08 bits per heavy atom. The van der Waals surface area contributed by atoms with Gasteiger partial charge >= 0.3 is 0 Å². The highest BCUT2D eigenvalue weighted by atomic mass is 14.0. The molecule has 0 nitrogen and oxygen atoms in total. The summed E-state index contributed by atoms with van der Waals surface area (Å²) in [6, 6.07) is 0. The van der Waals surface area contributed by atoms with Crippen LogP contribution in [-0.2, 0) is 0 Å². The summed E-state index contributed by atoms with van der Waals surface area (Å²) in [6.45, 7) is 6.40. The molecule has 0 spiro atoms. The van der Waals surface area contributed by atoms with Crippen LogP contribution in [0.15, 0.2) is 23.3 Å². The quantitative estimate of drug-likeness (QED) is 0.437. The largest absolute Gasteiger partial charge is 0.120 e. The van der Waals surface area contributed by atoms with Gasteiger partial charge in [-0.1, -0.05) is 24.6 Å². The van der Waals surface area contributed by atoms with E-state index in [1.165, 1.54) is 11.1 Å². The average Bonchev–Trinajstić information content (AvgIpc) is 2.04. The van der Waals surface area contributed by atoms with Gasteiger partial charge in [-0.3, -0.25) is 0 Å². The topological polar surface area (TPSA) is 0 Å². The predicted molar refractivity (Wildman–Crippen MR) is 55.9 cm³/mol. The van der Waals surface area contributed by atoms with Crippen LogP contribution in [0, 0.1) is 12.3 Å². The smallest absolute Gasteiger partial charge is 0.0126 e. The number of rotatable bonds is 4. The van der Waals surface area contributed by atoms with Crippen molar-refractivity contribution in [1.82, 2.24) is 0 Å². The van der Waals surface area contributed by atoms with Gasteiger partial charge in [-0.05, 0) is 32.3 Å². The summed E-state index contributed by atoms with van der Waals surface area (Å²) in [5.74, 6) is 2.66. The molecule has 0 bridgehead atoms. The van der Waals surface area contributed by atoms with Crippen molar-refractivity contribution < 1.29 is 0 Å². The van der Waals surface area contributed by atoms with Crippen molar-refractivity contribution in [3.63, 3.8) is 0 Å². The molecule has 0 aromatic heterocycles. The molecule has 0 aromatic carbocycles. The van der Waals surface area contributed by atoms with E-state index in [9.17, 15) is 0 Å². The van der Waals surface area contributed by atoms with Crippen molar-refractivity contribution in [2.75, 3.05) is 0 Å². The number of terminal acetylenes is 1. The minimum absolute atomic E-state index is 0.842. The molecule has 0 rings (SSSR count). The second-order valence-electron chi connectivity index (χ2n) is 3.04. The monoisotopic (exact) mass is 162 g/mol. The Bertz CT molecular complexity index is 207. The first-order valence-corrected chi connectivity index (χ1v) is 4.48. The normalized spacial score (nSPS) is 9.83. The first kappa shape index (κ1) is 11.0. The van der Waals surface area contributed by atoms with Crippen molar-refractivity contribution >= 4 is 0 Å². The maximum atomic E-state index is 5.21. The second-order valence-corrected chi connectivity index (χ2v) is 3.04. The zero-order chi connectivity index (χ0) is 9.40. The van der Waals surface area contributed by atoms with Crippen LogP contribution >= 0.6 is 0 Å². The van der Waals surface area contributed by atoms with E-state index < -0.39 is 0 Å². The zero-order valence-electron chi connectivity index (χ0n) is 8.35. The van der Waals surface area contributed by atoms with Crippen molar-refractivity contribution in [2.24, 2.45) is 0 Å². The van der Waals surface area contributed by atoms with E-state index in [1.807, 2.05) is 0 Å². The van der Waals surface area contributed by atoms with Crippen LogP contribution in [0.2, 0.25) is 0 Å². The standard InChI is InChI=1S/C12H18/c1-5-7-9-12(11(3)4)10-8-6-2/h1,8,10H,6-7,9H2,2-4H3/b10-8-. The fourth-order valence-corrected chi connectivity index (χ4v) is 0.967. The van der Waals surface area contributed by atoms with Gasteiger partial charge in [0.25, 0.3) is 0 Å². The highest BCUT2D eigenvalue weighted by Gasteiger charge is 1.92. The van der Waals surface area contributed by atoms with Crippen molar-refractivity contribution in [1.29, 1.82) is 0 Å². The highest BCUT2D eigenvalue weighted by Crippen LogP contribution is 2.12. The molecule has 0 radical (unpaired) electrons. The molecule has 0 heterocycles. The average molecular weight is 162 g/mol. The van der Waals surface area contributed by atoms with Gasteiger partial charge in [0.15, 0.2) is 0 Å². The first-order valence-electron chi connectivity index (χ1n) is 4.48. The molecular weight excluding hydrogens is 144 g/mol. The van der Waals surface area contributed by atoms with Crippen LogP contribution in [0.5, 0.6) is 0 Å². The van der Waals surface area contributed by atoms with Gasteiger partial charge in [0.1, 0.15) is 0 Å². The molecule has 0 aromatic rings. The molecule has 0 atom stereocenters. The molecule has 0 N–H and O–H groups in total. The minimum atomic E-state index is 0.842. The Balaban J connectivity index is 4.18. The number of hydrogen-bond donors (Lipinski definition) is 0. The summed E-state index contributed by atoms with van der Waals surface area (Å²) in [5, 5.41) is 0. The van der Waals surface area contributed by atoms with Gasteiger partial charge in [0.2, 0.25) is 0 Å². The van der Waals surface area contributed by atoms with E-state index >= 15 is 0 Å². The van der Waals surface area contributed by atoms with E-state index in [4.69, 9.17) is 6.42 Å². The molecule has 0 amide bonds. The summed E-state index contributed by atoms with van der Waals surface area (Å²) < 4.78 is 0. The molecule has 0 aliphatic carbocycles. The Kier molecular flexibility index (Phi) is 6.19. The lowest BCUT2D eigenvalue weighted by Gasteiger charge is -2.01. The molecule has 0 saturated carbocycles. The van der Waals surface area contributed by atoms with E-state index in [-0.39, 0.29) is 0 Å². The van der Waals surface area contributed by atoms with Crippen LogP contribution in [-0.4, -0.2) is 0 Å². The van der Waals surface area contributed by atoms with Crippen molar-refractivity contribution in [2.45, 2.75) is 40.0 Å². The summed E-state index contributed by atoms with van der Waals surface area (Å²) >= 11 is 0. The van der Waals surface area contributed by atoms with E-state index in [0.717, 1.165) is 19.3 Å². The SMILES string of the molecule is C#CCCC(/C=C\CC)=C(C)C. The first-order chi connectivity index (χ1) is 5.72.